The molecule has 0 aliphatic carbocycles. The van der Waals surface area contributed by atoms with Crippen LogP contribution in [0.5, 0.6) is 0 Å². The molecule has 0 spiro atoms. The van der Waals surface area contributed by atoms with E-state index in [0.717, 1.165) is 6.54 Å². The second kappa shape index (κ2) is 5.71. The van der Waals surface area contributed by atoms with Gasteiger partial charge < -0.3 is 10.2 Å². The van der Waals surface area contributed by atoms with Crippen molar-refractivity contribution in [2.75, 3.05) is 19.6 Å². The molecule has 0 bridgehead atoms. The van der Waals surface area contributed by atoms with Gasteiger partial charge in [0.05, 0.1) is 10.6 Å². The van der Waals surface area contributed by atoms with Crippen molar-refractivity contribution in [3.05, 3.63) is 32.1 Å². The highest BCUT2D eigenvalue weighted by molar-refractivity contribution is 14.1. The van der Waals surface area contributed by atoms with Crippen molar-refractivity contribution in [3.63, 3.8) is 0 Å². The lowest BCUT2D eigenvalue weighted by Crippen LogP contribution is -2.51. The summed E-state index contributed by atoms with van der Waals surface area (Å²) >= 11 is 7.80. The molecule has 98 valence electrons. The van der Waals surface area contributed by atoms with Crippen LogP contribution < -0.4 is 5.32 Å². The van der Waals surface area contributed by atoms with Gasteiger partial charge in [-0.3, -0.25) is 4.79 Å². The van der Waals surface area contributed by atoms with Crippen LogP contribution in [0.1, 0.15) is 17.3 Å². The maximum absolute atomic E-state index is 13.3. The van der Waals surface area contributed by atoms with Gasteiger partial charge in [-0.1, -0.05) is 11.6 Å². The number of carbonyl (C=O) groups is 1. The third-order valence-electron chi connectivity index (χ3n) is 2.90. The van der Waals surface area contributed by atoms with Crippen LogP contribution in [-0.4, -0.2) is 36.5 Å². The molecule has 1 aromatic carbocycles. The van der Waals surface area contributed by atoms with Gasteiger partial charge in [0.15, 0.2) is 0 Å². The van der Waals surface area contributed by atoms with Crippen molar-refractivity contribution in [2.45, 2.75) is 13.0 Å². The summed E-state index contributed by atoms with van der Waals surface area (Å²) in [5.41, 5.74) is 0.372. The maximum atomic E-state index is 13.3. The van der Waals surface area contributed by atoms with E-state index in [1.807, 2.05) is 29.5 Å². The zero-order valence-electron chi connectivity index (χ0n) is 9.84. The van der Waals surface area contributed by atoms with Crippen molar-refractivity contribution in [3.8, 4) is 0 Å². The third-order valence-corrected chi connectivity index (χ3v) is 4.04. The maximum Gasteiger partial charge on any atom is 0.255 e. The van der Waals surface area contributed by atoms with Gasteiger partial charge in [0.1, 0.15) is 5.82 Å². The topological polar surface area (TPSA) is 32.3 Å². The average molecular weight is 383 g/mol. The predicted molar refractivity (Wildman–Crippen MR) is 77.5 cm³/mol. The molecule has 0 saturated carbocycles. The fourth-order valence-electron chi connectivity index (χ4n) is 1.97. The zero-order chi connectivity index (χ0) is 13.3. The summed E-state index contributed by atoms with van der Waals surface area (Å²) in [5.74, 6) is -0.530. The van der Waals surface area contributed by atoms with Gasteiger partial charge >= 0.3 is 0 Å². The molecule has 1 atom stereocenters. The first-order valence-corrected chi connectivity index (χ1v) is 7.12. The van der Waals surface area contributed by atoms with E-state index in [1.54, 1.807) is 4.90 Å². The number of rotatable bonds is 1. The Balaban J connectivity index is 2.25. The predicted octanol–water partition coefficient (Wildman–Crippen LogP) is 2.52. The van der Waals surface area contributed by atoms with Crippen molar-refractivity contribution in [1.29, 1.82) is 0 Å². The Hall–Kier alpha value is -0.400. The molecule has 1 N–H and O–H groups in total. The molecule has 0 radical (unpaired) electrons. The van der Waals surface area contributed by atoms with Gasteiger partial charge in [0.2, 0.25) is 0 Å². The molecule has 1 saturated heterocycles. The second-order valence-corrected chi connectivity index (χ2v) is 5.92. The lowest BCUT2D eigenvalue weighted by atomic mass is 10.1. The Morgan fingerprint density at radius 3 is 3.00 bits per heavy atom. The first kappa shape index (κ1) is 14.0. The van der Waals surface area contributed by atoms with E-state index in [9.17, 15) is 9.18 Å². The normalized spacial score (nSPS) is 20.0. The van der Waals surface area contributed by atoms with Gasteiger partial charge in [-0.25, -0.2) is 4.39 Å². The molecule has 6 heteroatoms. The molecule has 2 rings (SSSR count). The number of nitrogens with one attached hydrogen (secondary N) is 1. The monoisotopic (exact) mass is 382 g/mol. The minimum absolute atomic E-state index is 0.133. The summed E-state index contributed by atoms with van der Waals surface area (Å²) < 4.78 is 13.7. The molecule has 1 heterocycles. The van der Waals surface area contributed by atoms with E-state index in [1.165, 1.54) is 12.1 Å². The van der Waals surface area contributed by atoms with E-state index in [0.29, 0.717) is 22.2 Å². The van der Waals surface area contributed by atoms with Crippen LogP contribution in [0.2, 0.25) is 5.02 Å². The lowest BCUT2D eigenvalue weighted by molar-refractivity contribution is 0.0709. The fraction of sp³-hybridized carbons (Fsp3) is 0.417. The van der Waals surface area contributed by atoms with Crippen LogP contribution in [0.15, 0.2) is 12.1 Å². The summed E-state index contributed by atoms with van der Waals surface area (Å²) in [6.07, 6.45) is 0. The Morgan fingerprint density at radius 2 is 2.33 bits per heavy atom. The highest BCUT2D eigenvalue weighted by atomic mass is 127. The number of nitrogens with zero attached hydrogens (tertiary/aromatic N) is 1. The van der Waals surface area contributed by atoms with Crippen molar-refractivity contribution in [1.82, 2.24) is 10.2 Å². The van der Waals surface area contributed by atoms with Gasteiger partial charge in [0, 0.05) is 29.2 Å². The first-order valence-electron chi connectivity index (χ1n) is 5.66. The smallest absolute Gasteiger partial charge is 0.255 e. The number of amides is 1. The van der Waals surface area contributed by atoms with Crippen LogP contribution in [0.25, 0.3) is 0 Å². The molecule has 1 amide bonds. The number of piperazine rings is 1. The number of hydrogen-bond acceptors (Lipinski definition) is 2. The molecule has 1 aromatic rings. The van der Waals surface area contributed by atoms with Gasteiger partial charge in [-0.15, -0.1) is 0 Å². The van der Waals surface area contributed by atoms with Gasteiger partial charge in [0.25, 0.3) is 5.91 Å². The van der Waals surface area contributed by atoms with Crippen LogP contribution in [0.4, 0.5) is 4.39 Å². The third kappa shape index (κ3) is 2.95. The molecule has 1 aliphatic rings. The Kier molecular flexibility index (Phi) is 4.45. The number of carbonyl (C=O) groups excluding carboxylic acids is 1. The van der Waals surface area contributed by atoms with Crippen molar-refractivity contribution in [2.24, 2.45) is 0 Å². The standard InChI is InChI=1S/C12H13ClFIN2O/c1-7-6-17(3-2-16-7)12(18)8-4-11(15)10(14)5-9(8)13/h4-5,7,16H,2-3,6H2,1H3/t7-/m1/s1. The number of hydrogen-bond donors (Lipinski definition) is 1. The average Bonchev–Trinajstić information content (AvgIpc) is 2.33. The summed E-state index contributed by atoms with van der Waals surface area (Å²) in [6, 6.07) is 2.97. The summed E-state index contributed by atoms with van der Waals surface area (Å²) in [5, 5.41) is 3.44. The quantitative estimate of drug-likeness (QED) is 0.598. The second-order valence-electron chi connectivity index (χ2n) is 4.35. The SMILES string of the molecule is C[C@@H]1CN(C(=O)c2cc(I)c(F)cc2Cl)CCN1. The van der Waals surface area contributed by atoms with Crippen molar-refractivity contribution < 1.29 is 9.18 Å². The highest BCUT2D eigenvalue weighted by Gasteiger charge is 2.24. The molecular weight excluding hydrogens is 370 g/mol. The molecular formula is C12H13ClFIN2O. The molecule has 1 aliphatic heterocycles. The van der Waals surface area contributed by atoms with E-state index in [-0.39, 0.29) is 17.0 Å². The van der Waals surface area contributed by atoms with E-state index in [2.05, 4.69) is 5.32 Å². The lowest BCUT2D eigenvalue weighted by Gasteiger charge is -2.32. The summed E-state index contributed by atoms with van der Waals surface area (Å²) in [4.78, 5) is 14.1. The highest BCUT2D eigenvalue weighted by Crippen LogP contribution is 2.23. The Labute approximate surface area is 124 Å². The Morgan fingerprint density at radius 1 is 1.61 bits per heavy atom. The van der Waals surface area contributed by atoms with Crippen LogP contribution in [-0.2, 0) is 0 Å². The van der Waals surface area contributed by atoms with Crippen molar-refractivity contribution >= 4 is 40.1 Å². The largest absolute Gasteiger partial charge is 0.336 e. The molecule has 3 nitrogen and oxygen atoms in total. The zero-order valence-corrected chi connectivity index (χ0v) is 12.8. The van der Waals surface area contributed by atoms with Crippen LogP contribution >= 0.6 is 34.2 Å². The van der Waals surface area contributed by atoms with E-state index >= 15 is 0 Å². The van der Waals surface area contributed by atoms with Crippen LogP contribution in [0, 0.1) is 9.39 Å². The fourth-order valence-corrected chi connectivity index (χ4v) is 2.67. The number of halogens is 3. The Bertz CT molecular complexity index is 483. The molecule has 0 aromatic heterocycles. The first-order chi connectivity index (χ1) is 8.49. The molecule has 0 unspecified atom stereocenters. The van der Waals surface area contributed by atoms with Crippen LogP contribution in [0.3, 0.4) is 0 Å². The molecule has 1 fully saturated rings. The van der Waals surface area contributed by atoms with Gasteiger partial charge in [-0.2, -0.15) is 0 Å². The van der Waals surface area contributed by atoms with E-state index in [4.69, 9.17) is 11.6 Å². The minimum Gasteiger partial charge on any atom is -0.336 e. The molecule has 18 heavy (non-hydrogen) atoms. The summed E-state index contributed by atoms with van der Waals surface area (Å²) in [7, 11) is 0. The van der Waals surface area contributed by atoms with Gasteiger partial charge in [-0.05, 0) is 41.6 Å². The minimum atomic E-state index is -0.397. The number of benzene rings is 1. The van der Waals surface area contributed by atoms with E-state index < -0.39 is 5.82 Å². The summed E-state index contributed by atoms with van der Waals surface area (Å²) in [6.45, 7) is 4.08.